The second-order valence-corrected chi connectivity index (χ2v) is 8.35. The molecular formula is C14H10BrCl2NO2S. The van der Waals surface area contributed by atoms with E-state index in [0.717, 1.165) is 5.56 Å². The summed E-state index contributed by atoms with van der Waals surface area (Å²) in [7, 11) is -3.25. The molecule has 1 atom stereocenters. The third kappa shape index (κ3) is 2.68. The minimum atomic E-state index is -3.25. The first-order valence-corrected chi connectivity index (χ1v) is 9.32. The second-order valence-electron chi connectivity index (χ2n) is 4.74. The van der Waals surface area contributed by atoms with E-state index in [1.165, 1.54) is 0 Å². The van der Waals surface area contributed by atoms with Gasteiger partial charge in [-0.15, -0.1) is 0 Å². The highest BCUT2D eigenvalue weighted by atomic mass is 79.9. The van der Waals surface area contributed by atoms with Crippen LogP contribution in [0.25, 0.3) is 0 Å². The average Bonchev–Trinajstić information content (AvgIpc) is 2.72. The zero-order chi connectivity index (χ0) is 15.2. The van der Waals surface area contributed by atoms with Gasteiger partial charge in [0.2, 0.25) is 0 Å². The van der Waals surface area contributed by atoms with Gasteiger partial charge in [-0.2, -0.15) is 0 Å². The molecule has 0 saturated heterocycles. The number of fused-ring (bicyclic) bond motifs is 1. The van der Waals surface area contributed by atoms with Crippen LogP contribution < -0.4 is 5.32 Å². The van der Waals surface area contributed by atoms with Crippen LogP contribution in [0.3, 0.4) is 0 Å². The molecule has 0 fully saturated rings. The van der Waals surface area contributed by atoms with Crippen molar-refractivity contribution in [2.24, 2.45) is 0 Å². The van der Waals surface area contributed by atoms with Gasteiger partial charge in [0.1, 0.15) is 0 Å². The van der Waals surface area contributed by atoms with Gasteiger partial charge in [0.05, 0.1) is 32.4 Å². The van der Waals surface area contributed by atoms with E-state index in [1.807, 2.05) is 12.1 Å². The number of rotatable bonds is 2. The highest BCUT2D eigenvalue weighted by molar-refractivity contribution is 9.10. The lowest BCUT2D eigenvalue weighted by atomic mass is 10.1. The van der Waals surface area contributed by atoms with Crippen LogP contribution in [-0.2, 0) is 9.84 Å². The maximum Gasteiger partial charge on any atom is 0.181 e. The average molecular weight is 407 g/mol. The Hall–Kier alpha value is -0.750. The Morgan fingerprint density at radius 1 is 1.10 bits per heavy atom. The Labute approximate surface area is 141 Å². The van der Waals surface area contributed by atoms with Crippen molar-refractivity contribution in [2.75, 3.05) is 11.1 Å². The van der Waals surface area contributed by atoms with E-state index in [1.54, 1.807) is 24.3 Å². The fraction of sp³-hybridized carbons (Fsp3) is 0.143. The summed E-state index contributed by atoms with van der Waals surface area (Å²) in [6.07, 6.45) is 0. The molecule has 0 radical (unpaired) electrons. The van der Waals surface area contributed by atoms with Crippen molar-refractivity contribution < 1.29 is 8.42 Å². The van der Waals surface area contributed by atoms with E-state index in [4.69, 9.17) is 23.2 Å². The summed E-state index contributed by atoms with van der Waals surface area (Å²) in [4.78, 5) is 0.377. The van der Waals surface area contributed by atoms with Gasteiger partial charge in [-0.25, -0.2) is 8.42 Å². The van der Waals surface area contributed by atoms with Gasteiger partial charge in [-0.05, 0) is 39.7 Å². The maximum absolute atomic E-state index is 12.2. The number of hydrogen-bond donors (Lipinski definition) is 1. The Bertz CT molecular complexity index is 824. The normalized spacial score (nSPS) is 19.3. The largest absolute Gasteiger partial charge is 0.376 e. The lowest BCUT2D eigenvalue weighted by Gasteiger charge is -2.16. The van der Waals surface area contributed by atoms with Crippen molar-refractivity contribution >= 4 is 54.7 Å². The van der Waals surface area contributed by atoms with Gasteiger partial charge in [0.25, 0.3) is 0 Å². The van der Waals surface area contributed by atoms with Crippen molar-refractivity contribution in [1.82, 2.24) is 0 Å². The molecule has 1 N–H and O–H groups in total. The maximum atomic E-state index is 12.2. The van der Waals surface area contributed by atoms with E-state index in [0.29, 0.717) is 25.1 Å². The summed E-state index contributed by atoms with van der Waals surface area (Å²) in [6.45, 7) is 0. The predicted molar refractivity (Wildman–Crippen MR) is 89.0 cm³/mol. The first kappa shape index (κ1) is 15.2. The fourth-order valence-corrected chi connectivity index (χ4v) is 4.96. The third-order valence-electron chi connectivity index (χ3n) is 3.38. The molecule has 0 aromatic heterocycles. The highest BCUT2D eigenvalue weighted by Gasteiger charge is 2.34. The van der Waals surface area contributed by atoms with Crippen LogP contribution in [0.15, 0.2) is 45.8 Å². The first-order valence-electron chi connectivity index (χ1n) is 6.12. The van der Waals surface area contributed by atoms with E-state index in [-0.39, 0.29) is 11.8 Å². The molecule has 1 heterocycles. The van der Waals surface area contributed by atoms with Crippen LogP contribution in [0.1, 0.15) is 11.6 Å². The summed E-state index contributed by atoms with van der Waals surface area (Å²) in [5.41, 5.74) is 1.37. The van der Waals surface area contributed by atoms with Crippen LogP contribution in [-0.4, -0.2) is 14.2 Å². The molecule has 21 heavy (non-hydrogen) atoms. The molecule has 2 aromatic carbocycles. The molecule has 2 aromatic rings. The van der Waals surface area contributed by atoms with Gasteiger partial charge in [-0.3, -0.25) is 0 Å². The molecular weight excluding hydrogens is 397 g/mol. The number of sulfone groups is 1. The van der Waals surface area contributed by atoms with E-state index >= 15 is 0 Å². The van der Waals surface area contributed by atoms with Crippen LogP contribution in [0.4, 0.5) is 5.69 Å². The lowest BCUT2D eigenvalue weighted by Crippen LogP contribution is -2.13. The summed E-state index contributed by atoms with van der Waals surface area (Å²) < 4.78 is 25.0. The van der Waals surface area contributed by atoms with E-state index in [2.05, 4.69) is 21.2 Å². The Morgan fingerprint density at radius 3 is 2.57 bits per heavy atom. The zero-order valence-corrected chi connectivity index (χ0v) is 14.5. The lowest BCUT2D eigenvalue weighted by molar-refractivity contribution is 0.598. The number of halogens is 3. The van der Waals surface area contributed by atoms with Crippen LogP contribution >= 0.6 is 39.1 Å². The van der Waals surface area contributed by atoms with Crippen LogP contribution in [0, 0.1) is 0 Å². The summed E-state index contributed by atoms with van der Waals surface area (Å²) >= 11 is 15.6. The summed E-state index contributed by atoms with van der Waals surface area (Å²) in [6, 6.07) is 10.2. The van der Waals surface area contributed by atoms with E-state index < -0.39 is 9.84 Å². The third-order valence-corrected chi connectivity index (χ3v) is 6.97. The molecule has 1 unspecified atom stereocenters. The van der Waals surface area contributed by atoms with Gasteiger partial charge in [0, 0.05) is 4.47 Å². The van der Waals surface area contributed by atoms with Gasteiger partial charge >= 0.3 is 0 Å². The van der Waals surface area contributed by atoms with Crippen molar-refractivity contribution in [3.05, 3.63) is 56.5 Å². The second kappa shape index (κ2) is 5.47. The van der Waals surface area contributed by atoms with Crippen molar-refractivity contribution in [3.8, 4) is 0 Å². The Kier molecular flexibility index (Phi) is 3.94. The standard InChI is InChI=1S/C14H10BrCl2NO2S/c15-9-5-6-10(14(17)13(9)16)18-11-7-21(19,20)12-4-2-1-3-8(11)12/h1-6,11,18H,7H2. The molecule has 3 rings (SSSR count). The first-order chi connectivity index (χ1) is 9.90. The molecule has 0 amide bonds. The monoisotopic (exact) mass is 405 g/mol. The smallest absolute Gasteiger partial charge is 0.181 e. The molecule has 0 bridgehead atoms. The quantitative estimate of drug-likeness (QED) is 0.735. The molecule has 0 aliphatic carbocycles. The molecule has 0 saturated carbocycles. The molecule has 0 spiro atoms. The summed E-state index contributed by atoms with van der Waals surface area (Å²) in [5, 5.41) is 3.94. The van der Waals surface area contributed by atoms with E-state index in [9.17, 15) is 8.42 Å². The van der Waals surface area contributed by atoms with Crippen molar-refractivity contribution in [2.45, 2.75) is 10.9 Å². The van der Waals surface area contributed by atoms with Gasteiger partial charge in [-0.1, -0.05) is 41.4 Å². The molecule has 1 aliphatic rings. The van der Waals surface area contributed by atoms with Crippen molar-refractivity contribution in [1.29, 1.82) is 0 Å². The SMILES string of the molecule is O=S1(=O)CC(Nc2ccc(Br)c(Cl)c2Cl)c2ccccc21. The zero-order valence-electron chi connectivity index (χ0n) is 10.6. The molecule has 3 nitrogen and oxygen atoms in total. The number of benzene rings is 2. The molecule has 110 valence electrons. The Morgan fingerprint density at radius 2 is 1.81 bits per heavy atom. The number of nitrogens with one attached hydrogen (secondary N) is 1. The number of hydrogen-bond acceptors (Lipinski definition) is 3. The highest BCUT2D eigenvalue weighted by Crippen LogP contribution is 2.40. The summed E-state index contributed by atoms with van der Waals surface area (Å²) in [5.74, 6) is 0.0103. The predicted octanol–water partition coefficient (Wildman–Crippen LogP) is 4.70. The fourth-order valence-electron chi connectivity index (χ4n) is 2.40. The van der Waals surface area contributed by atoms with Crippen molar-refractivity contribution in [3.63, 3.8) is 0 Å². The van der Waals surface area contributed by atoms with Crippen LogP contribution in [0.2, 0.25) is 10.0 Å². The minimum Gasteiger partial charge on any atom is -0.376 e. The van der Waals surface area contributed by atoms with Gasteiger partial charge in [0.15, 0.2) is 9.84 Å². The number of anilines is 1. The molecule has 1 aliphatic heterocycles. The van der Waals surface area contributed by atoms with Gasteiger partial charge < -0.3 is 5.32 Å². The Balaban J connectivity index is 2.00. The minimum absolute atomic E-state index is 0.0103. The topological polar surface area (TPSA) is 46.2 Å². The molecule has 7 heteroatoms. The van der Waals surface area contributed by atoms with Crippen LogP contribution in [0.5, 0.6) is 0 Å².